The van der Waals surface area contributed by atoms with Gasteiger partial charge in [-0.25, -0.2) is 0 Å². The second-order valence-electron chi connectivity index (χ2n) is 5.25. The Balaban J connectivity index is 2.35. The molecule has 0 aromatic carbocycles. The van der Waals surface area contributed by atoms with E-state index in [9.17, 15) is 0 Å². The van der Waals surface area contributed by atoms with Crippen molar-refractivity contribution in [3.05, 3.63) is 0 Å². The molecule has 1 nitrogen and oxygen atoms in total. The normalized spacial score (nSPS) is 31.0. The summed E-state index contributed by atoms with van der Waals surface area (Å²) in [6, 6.07) is 0. The van der Waals surface area contributed by atoms with E-state index in [4.69, 9.17) is 5.11 Å². The maximum absolute atomic E-state index is 8.82. The van der Waals surface area contributed by atoms with Crippen LogP contribution in [0.3, 0.4) is 0 Å². The van der Waals surface area contributed by atoms with Gasteiger partial charge in [-0.3, -0.25) is 0 Å². The van der Waals surface area contributed by atoms with Crippen LogP contribution in [-0.2, 0) is 0 Å². The zero-order valence-electron chi connectivity index (χ0n) is 8.64. The Kier molecular flexibility index (Phi) is 3.16. The van der Waals surface area contributed by atoms with Gasteiger partial charge in [-0.1, -0.05) is 27.2 Å². The molecule has 0 saturated heterocycles. The van der Waals surface area contributed by atoms with Gasteiger partial charge in [0.05, 0.1) is 0 Å². The molecule has 2 atom stereocenters. The number of hydrogen-bond donors (Lipinski definition) is 1. The molecule has 1 aliphatic carbocycles. The van der Waals surface area contributed by atoms with Gasteiger partial charge >= 0.3 is 0 Å². The van der Waals surface area contributed by atoms with Crippen molar-refractivity contribution in [1.82, 2.24) is 0 Å². The van der Waals surface area contributed by atoms with Crippen LogP contribution in [0.15, 0.2) is 0 Å². The lowest BCUT2D eigenvalue weighted by atomic mass is 9.79. The van der Waals surface area contributed by atoms with Crippen LogP contribution < -0.4 is 0 Å². The lowest BCUT2D eigenvalue weighted by molar-refractivity contribution is 0.222. The van der Waals surface area contributed by atoms with E-state index in [1.54, 1.807) is 0 Å². The first-order chi connectivity index (χ1) is 5.54. The standard InChI is InChI=1S/C11H22O/c1-11(2,3)10-5-4-9(8-10)6-7-12/h9-10,12H,4-8H2,1-3H3. The second kappa shape index (κ2) is 3.78. The average molecular weight is 170 g/mol. The summed E-state index contributed by atoms with van der Waals surface area (Å²) in [5, 5.41) is 8.82. The van der Waals surface area contributed by atoms with Crippen molar-refractivity contribution >= 4 is 0 Å². The van der Waals surface area contributed by atoms with E-state index in [1.165, 1.54) is 19.3 Å². The molecule has 1 heteroatoms. The van der Waals surface area contributed by atoms with Crippen molar-refractivity contribution < 1.29 is 5.11 Å². The molecular weight excluding hydrogens is 148 g/mol. The van der Waals surface area contributed by atoms with Crippen molar-refractivity contribution in [2.75, 3.05) is 6.61 Å². The van der Waals surface area contributed by atoms with E-state index >= 15 is 0 Å². The fraction of sp³-hybridized carbons (Fsp3) is 1.00. The van der Waals surface area contributed by atoms with Gasteiger partial charge in [-0.05, 0) is 36.5 Å². The maximum Gasteiger partial charge on any atom is 0.0433 e. The third kappa shape index (κ3) is 2.48. The van der Waals surface area contributed by atoms with Crippen LogP contribution in [0.5, 0.6) is 0 Å². The predicted molar refractivity (Wildman–Crippen MR) is 52.0 cm³/mol. The molecule has 1 N–H and O–H groups in total. The van der Waals surface area contributed by atoms with Crippen molar-refractivity contribution in [1.29, 1.82) is 0 Å². The van der Waals surface area contributed by atoms with Gasteiger partial charge in [0.15, 0.2) is 0 Å². The van der Waals surface area contributed by atoms with Crippen molar-refractivity contribution in [2.45, 2.75) is 46.5 Å². The highest BCUT2D eigenvalue weighted by atomic mass is 16.3. The Bertz CT molecular complexity index is 134. The summed E-state index contributed by atoms with van der Waals surface area (Å²) in [5.74, 6) is 1.69. The van der Waals surface area contributed by atoms with Crippen molar-refractivity contribution in [3.63, 3.8) is 0 Å². The first kappa shape index (κ1) is 10.0. The van der Waals surface area contributed by atoms with Gasteiger partial charge in [-0.2, -0.15) is 0 Å². The molecule has 2 unspecified atom stereocenters. The summed E-state index contributed by atoms with van der Waals surface area (Å²) >= 11 is 0. The van der Waals surface area contributed by atoms with E-state index in [-0.39, 0.29) is 0 Å². The zero-order valence-corrected chi connectivity index (χ0v) is 8.64. The minimum atomic E-state index is 0.377. The van der Waals surface area contributed by atoms with Crippen LogP contribution in [0.4, 0.5) is 0 Å². The molecule has 0 heterocycles. The van der Waals surface area contributed by atoms with Gasteiger partial charge in [-0.15, -0.1) is 0 Å². The van der Waals surface area contributed by atoms with E-state index < -0.39 is 0 Å². The molecule has 0 spiro atoms. The van der Waals surface area contributed by atoms with Gasteiger partial charge in [0, 0.05) is 6.61 Å². The molecule has 12 heavy (non-hydrogen) atoms. The molecule has 1 aliphatic rings. The first-order valence-corrected chi connectivity index (χ1v) is 5.15. The number of aliphatic hydroxyl groups is 1. The Morgan fingerprint density at radius 2 is 1.92 bits per heavy atom. The minimum Gasteiger partial charge on any atom is -0.396 e. The topological polar surface area (TPSA) is 20.2 Å². The smallest absolute Gasteiger partial charge is 0.0433 e. The summed E-state index contributed by atoms with van der Waals surface area (Å²) in [4.78, 5) is 0. The Morgan fingerprint density at radius 3 is 2.33 bits per heavy atom. The highest BCUT2D eigenvalue weighted by Gasteiger charge is 2.32. The van der Waals surface area contributed by atoms with E-state index in [2.05, 4.69) is 20.8 Å². The van der Waals surface area contributed by atoms with Crippen molar-refractivity contribution in [2.24, 2.45) is 17.3 Å². The Morgan fingerprint density at radius 1 is 1.25 bits per heavy atom. The molecular formula is C11H22O. The second-order valence-corrected chi connectivity index (χ2v) is 5.25. The first-order valence-electron chi connectivity index (χ1n) is 5.15. The van der Waals surface area contributed by atoms with Gasteiger partial charge in [0.2, 0.25) is 0 Å². The average Bonchev–Trinajstić information content (AvgIpc) is 2.35. The third-order valence-corrected chi connectivity index (χ3v) is 3.30. The molecule has 0 bridgehead atoms. The summed E-state index contributed by atoms with van der Waals surface area (Å²) in [6.07, 6.45) is 5.06. The quantitative estimate of drug-likeness (QED) is 0.675. The van der Waals surface area contributed by atoms with E-state index in [0.29, 0.717) is 12.0 Å². The summed E-state index contributed by atoms with van der Waals surface area (Å²) in [6.45, 7) is 7.37. The van der Waals surface area contributed by atoms with Crippen LogP contribution in [-0.4, -0.2) is 11.7 Å². The molecule has 72 valence electrons. The largest absolute Gasteiger partial charge is 0.396 e. The number of hydrogen-bond acceptors (Lipinski definition) is 1. The highest BCUT2D eigenvalue weighted by Crippen LogP contribution is 2.42. The highest BCUT2D eigenvalue weighted by molar-refractivity contribution is 4.83. The fourth-order valence-electron chi connectivity index (χ4n) is 2.31. The lowest BCUT2D eigenvalue weighted by Gasteiger charge is -2.26. The zero-order chi connectivity index (χ0) is 9.19. The lowest BCUT2D eigenvalue weighted by Crippen LogP contribution is -2.17. The predicted octanol–water partition coefficient (Wildman–Crippen LogP) is 2.83. The van der Waals surface area contributed by atoms with Crippen LogP contribution in [0, 0.1) is 17.3 Å². The van der Waals surface area contributed by atoms with Gasteiger partial charge in [0.1, 0.15) is 0 Å². The van der Waals surface area contributed by atoms with Gasteiger partial charge < -0.3 is 5.11 Å². The van der Waals surface area contributed by atoms with Crippen LogP contribution in [0.2, 0.25) is 0 Å². The van der Waals surface area contributed by atoms with E-state index in [0.717, 1.165) is 18.3 Å². The Hall–Kier alpha value is -0.0400. The number of rotatable bonds is 2. The molecule has 0 aromatic heterocycles. The van der Waals surface area contributed by atoms with Gasteiger partial charge in [0.25, 0.3) is 0 Å². The molecule has 0 aromatic rings. The molecule has 0 aliphatic heterocycles. The van der Waals surface area contributed by atoms with Crippen molar-refractivity contribution in [3.8, 4) is 0 Å². The fourth-order valence-corrected chi connectivity index (χ4v) is 2.31. The molecule has 1 fully saturated rings. The number of aliphatic hydroxyl groups excluding tert-OH is 1. The molecule has 1 rings (SSSR count). The SMILES string of the molecule is CC(C)(C)C1CCC(CCO)C1. The minimum absolute atomic E-state index is 0.377. The summed E-state index contributed by atoms with van der Waals surface area (Å²) < 4.78 is 0. The molecule has 0 radical (unpaired) electrons. The summed E-state index contributed by atoms with van der Waals surface area (Å²) in [7, 11) is 0. The Labute approximate surface area is 76.2 Å². The van der Waals surface area contributed by atoms with E-state index in [1.807, 2.05) is 0 Å². The van der Waals surface area contributed by atoms with Crippen LogP contribution in [0.25, 0.3) is 0 Å². The monoisotopic (exact) mass is 170 g/mol. The summed E-state index contributed by atoms with van der Waals surface area (Å²) in [5.41, 5.74) is 0.476. The van der Waals surface area contributed by atoms with Crippen LogP contribution in [0.1, 0.15) is 46.5 Å². The molecule has 1 saturated carbocycles. The third-order valence-electron chi connectivity index (χ3n) is 3.30. The van der Waals surface area contributed by atoms with Crippen LogP contribution >= 0.6 is 0 Å². The molecule has 0 amide bonds. The maximum atomic E-state index is 8.82.